The van der Waals surface area contributed by atoms with E-state index in [-0.39, 0.29) is 28.7 Å². The molecule has 2 aromatic rings. The van der Waals surface area contributed by atoms with E-state index in [1.54, 1.807) is 30.3 Å². The van der Waals surface area contributed by atoms with Crippen molar-refractivity contribution in [3.05, 3.63) is 42.0 Å². The third kappa shape index (κ3) is 4.63. The Balaban J connectivity index is 1.48. The van der Waals surface area contributed by atoms with Gasteiger partial charge < -0.3 is 24.8 Å². The lowest BCUT2D eigenvalue weighted by molar-refractivity contribution is 0.102. The number of carbonyl (C=O) groups is 1. The quantitative estimate of drug-likeness (QED) is 0.653. The number of benzene rings is 2. The summed E-state index contributed by atoms with van der Waals surface area (Å²) >= 11 is 1.43. The summed E-state index contributed by atoms with van der Waals surface area (Å²) in [7, 11) is 1.52. The van der Waals surface area contributed by atoms with Crippen molar-refractivity contribution in [2.45, 2.75) is 11.3 Å². The lowest BCUT2D eigenvalue weighted by atomic mass is 10.1. The van der Waals surface area contributed by atoms with Crippen LogP contribution in [0, 0.1) is 0 Å². The van der Waals surface area contributed by atoms with Crippen molar-refractivity contribution in [2.24, 2.45) is 4.99 Å². The molecule has 2 N–H and O–H groups in total. The fraction of sp³-hybridized carbons (Fsp3) is 0.333. The van der Waals surface area contributed by atoms with Gasteiger partial charge in [0, 0.05) is 34.3 Å². The van der Waals surface area contributed by atoms with Crippen molar-refractivity contribution in [3.8, 4) is 17.2 Å². The topological polar surface area (TPSA) is 115 Å². The molecule has 0 aliphatic carbocycles. The number of rotatable bonds is 6. The van der Waals surface area contributed by atoms with Crippen LogP contribution in [0.3, 0.4) is 0 Å². The van der Waals surface area contributed by atoms with Gasteiger partial charge in [0.1, 0.15) is 0 Å². The van der Waals surface area contributed by atoms with E-state index in [1.165, 1.54) is 33.1 Å². The summed E-state index contributed by atoms with van der Waals surface area (Å²) in [4.78, 5) is 17.3. The fourth-order valence-corrected chi connectivity index (χ4v) is 7.31. The summed E-state index contributed by atoms with van der Waals surface area (Å²) in [6, 6.07) is 10.1. The van der Waals surface area contributed by atoms with E-state index < -0.39 is 9.84 Å². The highest BCUT2D eigenvalue weighted by Gasteiger charge is 2.42. The SMILES string of the molecule is COc1cc(NC(=O)c2cccc(NC3=N[C@H]4CS(=O)(=O)C[C@H]4S3)c2)cc(OC)c1OC. The number of hydrogen-bond donors (Lipinski definition) is 2. The Morgan fingerprint density at radius 3 is 2.38 bits per heavy atom. The first-order valence-electron chi connectivity index (χ1n) is 9.75. The molecular formula is C21H23N3O6S2. The molecule has 2 aliphatic rings. The molecule has 1 saturated heterocycles. The Labute approximate surface area is 190 Å². The number of aliphatic imine (C=N–C) groups is 1. The molecule has 170 valence electrons. The molecule has 32 heavy (non-hydrogen) atoms. The van der Waals surface area contributed by atoms with Crippen molar-refractivity contribution in [1.82, 2.24) is 0 Å². The normalized spacial score (nSPS) is 20.8. The highest BCUT2D eigenvalue weighted by Crippen LogP contribution is 2.40. The number of hydrogen-bond acceptors (Lipinski definition) is 9. The predicted octanol–water partition coefficient (Wildman–Crippen LogP) is 2.65. The van der Waals surface area contributed by atoms with Crippen LogP contribution in [0.5, 0.6) is 17.2 Å². The number of amidine groups is 1. The van der Waals surface area contributed by atoms with E-state index in [2.05, 4.69) is 15.6 Å². The van der Waals surface area contributed by atoms with Gasteiger partial charge in [0.2, 0.25) is 5.75 Å². The number of amides is 1. The van der Waals surface area contributed by atoms with Gasteiger partial charge in [0.05, 0.1) is 38.9 Å². The van der Waals surface area contributed by atoms with Crippen LogP contribution in [0.4, 0.5) is 11.4 Å². The minimum Gasteiger partial charge on any atom is -0.493 e. The molecule has 9 nitrogen and oxygen atoms in total. The van der Waals surface area contributed by atoms with Crippen LogP contribution in [0.15, 0.2) is 41.4 Å². The minimum atomic E-state index is -3.00. The second-order valence-corrected chi connectivity index (χ2v) is 10.7. The zero-order valence-corrected chi connectivity index (χ0v) is 19.4. The third-order valence-electron chi connectivity index (χ3n) is 5.12. The first kappa shape index (κ1) is 22.3. The number of anilines is 2. The molecule has 1 fully saturated rings. The van der Waals surface area contributed by atoms with Gasteiger partial charge in [-0.25, -0.2) is 8.42 Å². The zero-order chi connectivity index (χ0) is 22.9. The molecule has 4 rings (SSSR count). The largest absolute Gasteiger partial charge is 0.493 e. The average molecular weight is 478 g/mol. The molecule has 0 bridgehead atoms. The summed E-state index contributed by atoms with van der Waals surface area (Å²) in [5.74, 6) is 1.22. The van der Waals surface area contributed by atoms with Gasteiger partial charge in [-0.15, -0.1) is 0 Å². The standard InChI is InChI=1S/C21H23N3O6S2/c1-28-16-8-14(9-17(29-2)19(16)30-3)22-20(25)12-5-4-6-13(7-12)23-21-24-15-10-32(26,27)11-18(15)31-21/h4-9,15,18H,10-11H2,1-3H3,(H,22,25)(H,23,24)/t15-,18+/m0/s1. The molecule has 0 saturated carbocycles. The predicted molar refractivity (Wildman–Crippen MR) is 125 cm³/mol. The lowest BCUT2D eigenvalue weighted by Crippen LogP contribution is -2.14. The van der Waals surface area contributed by atoms with E-state index in [1.807, 2.05) is 6.07 Å². The molecule has 2 heterocycles. The zero-order valence-electron chi connectivity index (χ0n) is 17.7. The van der Waals surface area contributed by atoms with Gasteiger partial charge in [0.25, 0.3) is 5.91 Å². The summed E-state index contributed by atoms with van der Waals surface area (Å²) in [6.45, 7) is 0. The van der Waals surface area contributed by atoms with Gasteiger partial charge in [-0.1, -0.05) is 17.8 Å². The molecule has 2 aliphatic heterocycles. The van der Waals surface area contributed by atoms with Crippen LogP contribution in [0.2, 0.25) is 0 Å². The van der Waals surface area contributed by atoms with Crippen LogP contribution < -0.4 is 24.8 Å². The first-order valence-corrected chi connectivity index (χ1v) is 12.5. The van der Waals surface area contributed by atoms with Crippen LogP contribution >= 0.6 is 11.8 Å². The van der Waals surface area contributed by atoms with E-state index >= 15 is 0 Å². The lowest BCUT2D eigenvalue weighted by Gasteiger charge is -2.15. The molecule has 0 aromatic heterocycles. The van der Waals surface area contributed by atoms with E-state index in [0.717, 1.165) is 0 Å². The third-order valence-corrected chi connectivity index (χ3v) is 8.26. The Bertz CT molecular complexity index is 1160. The molecule has 2 atom stereocenters. The second-order valence-electron chi connectivity index (χ2n) is 7.31. The van der Waals surface area contributed by atoms with Crippen molar-refractivity contribution < 1.29 is 27.4 Å². The monoisotopic (exact) mass is 477 g/mol. The van der Waals surface area contributed by atoms with Crippen LogP contribution in [0.25, 0.3) is 0 Å². The molecule has 1 amide bonds. The number of thioether (sulfide) groups is 1. The smallest absolute Gasteiger partial charge is 0.255 e. The van der Waals surface area contributed by atoms with Crippen molar-refractivity contribution in [3.63, 3.8) is 0 Å². The number of methoxy groups -OCH3 is 3. The van der Waals surface area contributed by atoms with Gasteiger partial charge in [-0.05, 0) is 18.2 Å². The van der Waals surface area contributed by atoms with Crippen LogP contribution in [-0.4, -0.2) is 63.6 Å². The van der Waals surface area contributed by atoms with Gasteiger partial charge in [-0.3, -0.25) is 9.79 Å². The maximum Gasteiger partial charge on any atom is 0.255 e. The van der Waals surface area contributed by atoms with Crippen LogP contribution in [-0.2, 0) is 9.84 Å². The molecule has 0 spiro atoms. The number of sulfone groups is 1. The summed E-state index contributed by atoms with van der Waals surface area (Å²) in [6.07, 6.45) is 0. The van der Waals surface area contributed by atoms with E-state index in [4.69, 9.17) is 14.2 Å². The van der Waals surface area contributed by atoms with Gasteiger partial charge in [-0.2, -0.15) is 0 Å². The van der Waals surface area contributed by atoms with Crippen molar-refractivity contribution in [2.75, 3.05) is 43.5 Å². The highest BCUT2D eigenvalue weighted by molar-refractivity contribution is 8.15. The molecular weight excluding hydrogens is 454 g/mol. The molecule has 0 unspecified atom stereocenters. The Morgan fingerprint density at radius 2 is 1.75 bits per heavy atom. The molecule has 2 aromatic carbocycles. The average Bonchev–Trinajstić information content (AvgIpc) is 3.25. The number of fused-ring (bicyclic) bond motifs is 1. The Hall–Kier alpha value is -2.92. The summed E-state index contributed by atoms with van der Waals surface area (Å²) < 4.78 is 39.4. The second kappa shape index (κ2) is 8.91. The van der Waals surface area contributed by atoms with Crippen molar-refractivity contribution >= 4 is 44.0 Å². The van der Waals surface area contributed by atoms with Crippen LogP contribution in [0.1, 0.15) is 10.4 Å². The summed E-state index contributed by atoms with van der Waals surface area (Å²) in [5, 5.41) is 6.64. The maximum absolute atomic E-state index is 12.8. The first-order chi connectivity index (χ1) is 15.3. The Kier molecular flexibility index (Phi) is 6.20. The molecule has 11 heteroatoms. The number of ether oxygens (including phenoxy) is 3. The van der Waals surface area contributed by atoms with Gasteiger partial charge >= 0.3 is 0 Å². The minimum absolute atomic E-state index is 0.0472. The maximum atomic E-state index is 12.8. The fourth-order valence-electron chi connectivity index (χ4n) is 3.63. The highest BCUT2D eigenvalue weighted by atomic mass is 32.2. The summed E-state index contributed by atoms with van der Waals surface area (Å²) in [5.41, 5.74) is 1.62. The van der Waals surface area contributed by atoms with E-state index in [9.17, 15) is 13.2 Å². The van der Waals surface area contributed by atoms with Crippen molar-refractivity contribution in [1.29, 1.82) is 0 Å². The number of carbonyl (C=O) groups excluding carboxylic acids is 1. The number of nitrogens with zero attached hydrogens (tertiary/aromatic N) is 1. The molecule has 0 radical (unpaired) electrons. The van der Waals surface area contributed by atoms with Gasteiger partial charge in [0.15, 0.2) is 26.5 Å². The number of nitrogens with one attached hydrogen (secondary N) is 2. The Morgan fingerprint density at radius 1 is 1.03 bits per heavy atom. The van der Waals surface area contributed by atoms with E-state index in [0.29, 0.717) is 39.4 Å².